The zero-order chi connectivity index (χ0) is 15.7. The maximum atomic E-state index is 13.0. The Labute approximate surface area is 113 Å². The molecular formula is C10H6F6N4O. The fourth-order valence-electron chi connectivity index (χ4n) is 1.29. The van der Waals surface area contributed by atoms with Crippen LogP contribution < -0.4 is 4.74 Å². The van der Waals surface area contributed by atoms with E-state index in [4.69, 9.17) is 0 Å². The molecule has 0 radical (unpaired) electrons. The fourth-order valence-corrected chi connectivity index (χ4v) is 1.29. The molecule has 2 heterocycles. The van der Waals surface area contributed by atoms with Gasteiger partial charge in [-0.2, -0.15) is 27.1 Å². The lowest BCUT2D eigenvalue weighted by Crippen LogP contribution is -2.45. The predicted octanol–water partition coefficient (Wildman–Crippen LogP) is 2.53. The van der Waals surface area contributed by atoms with Crippen molar-refractivity contribution in [2.45, 2.75) is 18.5 Å². The van der Waals surface area contributed by atoms with Crippen LogP contribution in [-0.2, 0) is 0 Å². The first-order chi connectivity index (χ1) is 9.70. The van der Waals surface area contributed by atoms with Gasteiger partial charge in [0.2, 0.25) is 0 Å². The van der Waals surface area contributed by atoms with Crippen LogP contribution in [-0.4, -0.2) is 38.2 Å². The van der Waals surface area contributed by atoms with Crippen LogP contribution in [0, 0.1) is 0 Å². The average molecular weight is 312 g/mol. The van der Waals surface area contributed by atoms with Gasteiger partial charge in [-0.25, -0.2) is 19.0 Å². The number of hydrogen-bond donors (Lipinski definition) is 0. The zero-order valence-electron chi connectivity index (χ0n) is 9.93. The Morgan fingerprint density at radius 3 is 2.33 bits per heavy atom. The van der Waals surface area contributed by atoms with Crippen molar-refractivity contribution >= 4 is 0 Å². The molecule has 0 fully saturated rings. The summed E-state index contributed by atoms with van der Waals surface area (Å²) in [5.41, 5.74) is 0. The summed E-state index contributed by atoms with van der Waals surface area (Å²) in [4.78, 5) is 7.24. The van der Waals surface area contributed by atoms with Crippen molar-refractivity contribution in [3.8, 4) is 11.6 Å². The van der Waals surface area contributed by atoms with Crippen LogP contribution in [0.25, 0.3) is 5.82 Å². The molecule has 0 spiro atoms. The molecule has 0 bridgehead atoms. The average Bonchev–Trinajstić information content (AvgIpc) is 2.91. The van der Waals surface area contributed by atoms with Crippen molar-refractivity contribution < 1.29 is 31.1 Å². The minimum Gasteiger partial charge on any atom is -0.428 e. The largest absolute Gasteiger partial charge is 0.439 e. The topological polar surface area (TPSA) is 52.8 Å². The number of alkyl halides is 6. The van der Waals surface area contributed by atoms with E-state index in [9.17, 15) is 26.3 Å². The van der Waals surface area contributed by atoms with Gasteiger partial charge in [0.15, 0.2) is 5.82 Å². The maximum absolute atomic E-state index is 13.0. The smallest absolute Gasteiger partial charge is 0.428 e. The molecule has 2 rings (SSSR count). The number of aromatic nitrogens is 4. The van der Waals surface area contributed by atoms with Gasteiger partial charge >= 0.3 is 12.3 Å². The van der Waals surface area contributed by atoms with Crippen LogP contribution in [0.3, 0.4) is 0 Å². The van der Waals surface area contributed by atoms with E-state index in [0.717, 1.165) is 12.1 Å². The highest BCUT2D eigenvalue weighted by Crippen LogP contribution is 2.36. The molecule has 0 aliphatic carbocycles. The van der Waals surface area contributed by atoms with Gasteiger partial charge in [-0.3, -0.25) is 0 Å². The molecule has 11 heteroatoms. The second-order valence-corrected chi connectivity index (χ2v) is 3.76. The third-order valence-electron chi connectivity index (χ3n) is 2.21. The van der Waals surface area contributed by atoms with Gasteiger partial charge in [-0.05, 0) is 12.1 Å². The molecular weight excluding hydrogens is 306 g/mol. The number of nitrogens with zero attached hydrogens (tertiary/aromatic N) is 4. The first kappa shape index (κ1) is 15.1. The number of ether oxygens (including phenoxy) is 1. The SMILES string of the molecule is FC(C(F)(F)F)C(F)(F)Oc1ccc(-n2cncn2)nc1. The van der Waals surface area contributed by atoms with E-state index in [1.807, 2.05) is 0 Å². The lowest BCUT2D eigenvalue weighted by atomic mass is 10.3. The quantitative estimate of drug-likeness (QED) is 0.814. The van der Waals surface area contributed by atoms with E-state index in [2.05, 4.69) is 19.8 Å². The van der Waals surface area contributed by atoms with Gasteiger partial charge < -0.3 is 4.74 Å². The maximum Gasteiger partial charge on any atom is 0.439 e. The molecule has 114 valence electrons. The molecule has 1 unspecified atom stereocenters. The molecule has 0 amide bonds. The monoisotopic (exact) mass is 312 g/mol. The molecule has 0 aliphatic rings. The summed E-state index contributed by atoms with van der Waals surface area (Å²) in [6.07, 6.45) is -12.1. The van der Waals surface area contributed by atoms with Crippen LogP contribution in [0.15, 0.2) is 31.0 Å². The van der Waals surface area contributed by atoms with Crippen molar-refractivity contribution in [1.29, 1.82) is 0 Å². The lowest BCUT2D eigenvalue weighted by Gasteiger charge is -2.22. The molecule has 0 aliphatic heterocycles. The Hall–Kier alpha value is -2.33. The minimum absolute atomic E-state index is 0.163. The Balaban J connectivity index is 2.13. The van der Waals surface area contributed by atoms with Gasteiger partial charge in [-0.15, -0.1) is 0 Å². The van der Waals surface area contributed by atoms with E-state index in [-0.39, 0.29) is 5.82 Å². The lowest BCUT2D eigenvalue weighted by molar-refractivity contribution is -0.305. The Morgan fingerprint density at radius 2 is 1.86 bits per heavy atom. The second kappa shape index (κ2) is 5.22. The molecule has 0 saturated carbocycles. The van der Waals surface area contributed by atoms with Crippen LogP contribution in [0.4, 0.5) is 26.3 Å². The van der Waals surface area contributed by atoms with Crippen LogP contribution in [0.5, 0.6) is 5.75 Å². The van der Waals surface area contributed by atoms with Crippen molar-refractivity contribution in [1.82, 2.24) is 19.7 Å². The van der Waals surface area contributed by atoms with E-state index >= 15 is 0 Å². The van der Waals surface area contributed by atoms with Crippen molar-refractivity contribution in [2.75, 3.05) is 0 Å². The normalized spacial score (nSPS) is 14.0. The number of halogens is 6. The van der Waals surface area contributed by atoms with Gasteiger partial charge in [0, 0.05) is 0 Å². The summed E-state index contributed by atoms with van der Waals surface area (Å²) in [6, 6.07) is 2.04. The summed E-state index contributed by atoms with van der Waals surface area (Å²) in [5, 5.41) is 3.70. The van der Waals surface area contributed by atoms with Crippen LogP contribution in [0.2, 0.25) is 0 Å². The van der Waals surface area contributed by atoms with Crippen molar-refractivity contribution in [2.24, 2.45) is 0 Å². The Morgan fingerprint density at radius 1 is 1.14 bits per heavy atom. The first-order valence-electron chi connectivity index (χ1n) is 5.29. The van der Waals surface area contributed by atoms with Gasteiger partial charge in [0.05, 0.1) is 6.20 Å². The summed E-state index contributed by atoms with van der Waals surface area (Å²) < 4.78 is 79.3. The van der Waals surface area contributed by atoms with Gasteiger partial charge in [-0.1, -0.05) is 0 Å². The fraction of sp³-hybridized carbons (Fsp3) is 0.300. The number of rotatable bonds is 4. The highest BCUT2D eigenvalue weighted by Gasteiger charge is 2.59. The summed E-state index contributed by atoms with van der Waals surface area (Å²) in [7, 11) is 0. The molecule has 0 N–H and O–H groups in total. The third-order valence-corrected chi connectivity index (χ3v) is 2.21. The second-order valence-electron chi connectivity index (χ2n) is 3.76. The molecule has 2 aromatic heterocycles. The molecule has 1 atom stereocenters. The van der Waals surface area contributed by atoms with Crippen LogP contribution >= 0.6 is 0 Å². The summed E-state index contributed by atoms with van der Waals surface area (Å²) in [6.45, 7) is 0. The van der Waals surface area contributed by atoms with Gasteiger partial charge in [0.25, 0.3) is 6.17 Å². The van der Waals surface area contributed by atoms with Crippen molar-refractivity contribution in [3.05, 3.63) is 31.0 Å². The predicted molar refractivity (Wildman–Crippen MR) is 55.7 cm³/mol. The standard InChI is InChI=1S/C10H6F6N4O/c11-8(9(12,13)14)10(15,16)21-6-1-2-7(18-3-6)20-5-17-4-19-20/h1-5,8H. The van der Waals surface area contributed by atoms with Crippen molar-refractivity contribution in [3.63, 3.8) is 0 Å². The minimum atomic E-state index is -5.74. The van der Waals surface area contributed by atoms with E-state index < -0.39 is 24.2 Å². The molecule has 0 saturated heterocycles. The molecule has 5 nitrogen and oxygen atoms in total. The first-order valence-corrected chi connectivity index (χ1v) is 5.29. The summed E-state index contributed by atoms with van der Waals surface area (Å²) >= 11 is 0. The number of hydrogen-bond acceptors (Lipinski definition) is 4. The Kier molecular flexibility index (Phi) is 3.75. The van der Waals surface area contributed by atoms with Gasteiger partial charge in [0.1, 0.15) is 18.4 Å². The van der Waals surface area contributed by atoms with E-state index in [1.165, 1.54) is 17.3 Å². The highest BCUT2D eigenvalue weighted by atomic mass is 19.4. The number of pyridine rings is 1. The third kappa shape index (κ3) is 3.41. The Bertz CT molecular complexity index is 583. The van der Waals surface area contributed by atoms with Crippen LogP contribution in [0.1, 0.15) is 0 Å². The van der Waals surface area contributed by atoms with E-state index in [0.29, 0.717) is 6.20 Å². The molecule has 0 aromatic carbocycles. The summed E-state index contributed by atoms with van der Waals surface area (Å²) in [5.74, 6) is -0.563. The van der Waals surface area contributed by atoms with E-state index in [1.54, 1.807) is 0 Å². The molecule has 2 aromatic rings. The highest BCUT2D eigenvalue weighted by molar-refractivity contribution is 5.27. The molecule has 21 heavy (non-hydrogen) atoms. The zero-order valence-corrected chi connectivity index (χ0v) is 9.93.